The molecule has 3 rings (SSSR count). The third kappa shape index (κ3) is 1.16. The normalized spacial score (nSPS) is 21.1. The van der Waals surface area contributed by atoms with E-state index in [2.05, 4.69) is 29.2 Å². The lowest BCUT2D eigenvalue weighted by Gasteiger charge is -2.16. The molecule has 1 N–H and O–H groups in total. The van der Waals surface area contributed by atoms with E-state index in [1.54, 1.807) is 0 Å². The van der Waals surface area contributed by atoms with Gasteiger partial charge in [-0.2, -0.15) is 0 Å². The summed E-state index contributed by atoms with van der Waals surface area (Å²) in [5.41, 5.74) is 4.08. The van der Waals surface area contributed by atoms with Gasteiger partial charge in [-0.1, -0.05) is 18.2 Å². The summed E-state index contributed by atoms with van der Waals surface area (Å²) in [7, 11) is 0. The van der Waals surface area contributed by atoms with Gasteiger partial charge in [0.05, 0.1) is 0 Å². The highest BCUT2D eigenvalue weighted by atomic mass is 35.5. The van der Waals surface area contributed by atoms with Gasteiger partial charge < -0.3 is 4.98 Å². The third-order valence-corrected chi connectivity index (χ3v) is 3.41. The molecule has 14 heavy (non-hydrogen) atoms. The van der Waals surface area contributed by atoms with Gasteiger partial charge in [-0.05, 0) is 30.9 Å². The molecule has 1 aromatic heterocycles. The second-order valence-electron chi connectivity index (χ2n) is 3.97. The molecule has 1 aliphatic rings. The first-order valence-corrected chi connectivity index (χ1v) is 5.51. The first-order chi connectivity index (χ1) is 6.84. The van der Waals surface area contributed by atoms with Crippen molar-refractivity contribution in [1.29, 1.82) is 0 Å². The molecule has 1 aromatic carbocycles. The lowest BCUT2D eigenvalue weighted by Crippen LogP contribution is -2.12. The molecule has 0 radical (unpaired) electrons. The van der Waals surface area contributed by atoms with Gasteiger partial charge in [0, 0.05) is 22.0 Å². The lowest BCUT2D eigenvalue weighted by molar-refractivity contribution is 0.688. The molecule has 1 heterocycles. The van der Waals surface area contributed by atoms with Crippen LogP contribution in [0.4, 0.5) is 0 Å². The fraction of sp³-hybridized carbons (Fsp3) is 0.333. The number of fused-ring (bicyclic) bond motifs is 3. The van der Waals surface area contributed by atoms with Gasteiger partial charge in [0.1, 0.15) is 0 Å². The van der Waals surface area contributed by atoms with Crippen molar-refractivity contribution in [1.82, 2.24) is 4.98 Å². The molecule has 2 aromatic rings. The van der Waals surface area contributed by atoms with Crippen LogP contribution in [0.2, 0.25) is 0 Å². The van der Waals surface area contributed by atoms with E-state index >= 15 is 0 Å². The summed E-state index contributed by atoms with van der Waals surface area (Å²) < 4.78 is 0. The van der Waals surface area contributed by atoms with E-state index in [0.717, 1.165) is 19.3 Å². The molecule has 0 spiro atoms. The minimum Gasteiger partial charge on any atom is -0.358 e. The quantitative estimate of drug-likeness (QED) is 0.636. The minimum atomic E-state index is 0.321. The average Bonchev–Trinajstić information content (AvgIpc) is 2.56. The number of H-pyrrole nitrogens is 1. The molecule has 0 bridgehead atoms. The average molecular weight is 206 g/mol. The standard InChI is InChI=1S/C12H12ClN/c13-8-5-6-12-10(7-8)9-3-1-2-4-11(9)14-12/h1-4,8,14H,5-7H2. The molecule has 0 amide bonds. The van der Waals surface area contributed by atoms with E-state index in [1.807, 2.05) is 0 Å². The largest absolute Gasteiger partial charge is 0.358 e. The summed E-state index contributed by atoms with van der Waals surface area (Å²) in [5.74, 6) is 0. The maximum Gasteiger partial charge on any atom is 0.0458 e. The van der Waals surface area contributed by atoms with Gasteiger partial charge in [-0.15, -0.1) is 11.6 Å². The number of aryl methyl sites for hydroxylation is 1. The highest BCUT2D eigenvalue weighted by Gasteiger charge is 2.20. The van der Waals surface area contributed by atoms with Gasteiger partial charge >= 0.3 is 0 Å². The highest BCUT2D eigenvalue weighted by molar-refractivity contribution is 6.21. The van der Waals surface area contributed by atoms with Crippen LogP contribution in [0.3, 0.4) is 0 Å². The topological polar surface area (TPSA) is 15.8 Å². The number of nitrogens with one attached hydrogen (secondary N) is 1. The maximum atomic E-state index is 6.19. The molecular formula is C12H12ClN. The van der Waals surface area contributed by atoms with E-state index in [4.69, 9.17) is 11.6 Å². The molecule has 2 heteroatoms. The smallest absolute Gasteiger partial charge is 0.0458 e. The number of aromatic nitrogens is 1. The summed E-state index contributed by atoms with van der Waals surface area (Å²) >= 11 is 6.19. The van der Waals surface area contributed by atoms with E-state index in [0.29, 0.717) is 5.38 Å². The van der Waals surface area contributed by atoms with E-state index in [1.165, 1.54) is 22.2 Å². The molecule has 0 fully saturated rings. The van der Waals surface area contributed by atoms with Crippen molar-refractivity contribution < 1.29 is 0 Å². The molecule has 1 atom stereocenters. The maximum absolute atomic E-state index is 6.19. The van der Waals surface area contributed by atoms with Crippen LogP contribution in [0, 0.1) is 0 Å². The number of hydrogen-bond donors (Lipinski definition) is 1. The van der Waals surface area contributed by atoms with Crippen LogP contribution in [0.25, 0.3) is 10.9 Å². The Hall–Kier alpha value is -0.950. The van der Waals surface area contributed by atoms with Gasteiger partial charge in [0.25, 0.3) is 0 Å². The van der Waals surface area contributed by atoms with Crippen LogP contribution in [-0.2, 0) is 12.8 Å². The molecular weight excluding hydrogens is 194 g/mol. The predicted octanol–water partition coefficient (Wildman–Crippen LogP) is 3.26. The lowest BCUT2D eigenvalue weighted by atomic mass is 9.95. The Morgan fingerprint density at radius 3 is 3.07 bits per heavy atom. The molecule has 72 valence electrons. The Bertz CT molecular complexity index is 472. The van der Waals surface area contributed by atoms with Gasteiger partial charge in [0.15, 0.2) is 0 Å². The second kappa shape index (κ2) is 3.03. The monoisotopic (exact) mass is 205 g/mol. The molecule has 0 saturated heterocycles. The first-order valence-electron chi connectivity index (χ1n) is 5.07. The number of alkyl halides is 1. The van der Waals surface area contributed by atoms with Crippen LogP contribution < -0.4 is 0 Å². The Kier molecular flexibility index (Phi) is 1.81. The number of halogens is 1. The SMILES string of the molecule is ClC1CCc2[nH]c3ccccc3c2C1. The fourth-order valence-electron chi connectivity index (χ4n) is 2.33. The Morgan fingerprint density at radius 1 is 1.29 bits per heavy atom. The summed E-state index contributed by atoms with van der Waals surface area (Å²) in [6, 6.07) is 8.48. The summed E-state index contributed by atoms with van der Waals surface area (Å²) in [6.45, 7) is 0. The van der Waals surface area contributed by atoms with Crippen LogP contribution in [0.1, 0.15) is 17.7 Å². The van der Waals surface area contributed by atoms with Crippen molar-refractivity contribution in [2.45, 2.75) is 24.6 Å². The van der Waals surface area contributed by atoms with Crippen molar-refractivity contribution in [2.75, 3.05) is 0 Å². The summed E-state index contributed by atoms with van der Waals surface area (Å²) in [4.78, 5) is 3.48. The zero-order valence-corrected chi connectivity index (χ0v) is 8.64. The van der Waals surface area contributed by atoms with Gasteiger partial charge in [-0.25, -0.2) is 0 Å². The van der Waals surface area contributed by atoms with E-state index < -0.39 is 0 Å². The first kappa shape index (κ1) is 8.37. The zero-order valence-electron chi connectivity index (χ0n) is 7.89. The van der Waals surface area contributed by atoms with Crippen LogP contribution in [-0.4, -0.2) is 10.4 Å². The molecule has 0 saturated carbocycles. The number of benzene rings is 1. The zero-order chi connectivity index (χ0) is 9.54. The van der Waals surface area contributed by atoms with Gasteiger partial charge in [-0.3, -0.25) is 0 Å². The second-order valence-corrected chi connectivity index (χ2v) is 4.58. The van der Waals surface area contributed by atoms with Crippen LogP contribution >= 0.6 is 11.6 Å². The van der Waals surface area contributed by atoms with Crippen molar-refractivity contribution in [3.63, 3.8) is 0 Å². The molecule has 1 unspecified atom stereocenters. The predicted molar refractivity (Wildman–Crippen MR) is 60.0 cm³/mol. The number of hydrogen-bond acceptors (Lipinski definition) is 0. The highest BCUT2D eigenvalue weighted by Crippen LogP contribution is 2.30. The molecule has 0 aliphatic heterocycles. The van der Waals surface area contributed by atoms with Crippen molar-refractivity contribution in [3.05, 3.63) is 35.5 Å². The Labute approximate surface area is 88.1 Å². The Morgan fingerprint density at radius 2 is 2.14 bits per heavy atom. The van der Waals surface area contributed by atoms with E-state index in [9.17, 15) is 0 Å². The number of aromatic amines is 1. The van der Waals surface area contributed by atoms with Crippen molar-refractivity contribution >= 4 is 22.5 Å². The Balaban J connectivity index is 2.25. The number of rotatable bonds is 0. The van der Waals surface area contributed by atoms with Crippen LogP contribution in [0.5, 0.6) is 0 Å². The van der Waals surface area contributed by atoms with Crippen molar-refractivity contribution in [3.8, 4) is 0 Å². The summed E-state index contributed by atoms with van der Waals surface area (Å²) in [5, 5.41) is 1.68. The van der Waals surface area contributed by atoms with Crippen LogP contribution in [0.15, 0.2) is 24.3 Å². The third-order valence-electron chi connectivity index (χ3n) is 3.04. The minimum absolute atomic E-state index is 0.321. The van der Waals surface area contributed by atoms with Crippen molar-refractivity contribution in [2.24, 2.45) is 0 Å². The molecule has 1 aliphatic carbocycles. The molecule has 1 nitrogen and oxygen atoms in total. The van der Waals surface area contributed by atoms with E-state index in [-0.39, 0.29) is 0 Å². The van der Waals surface area contributed by atoms with Gasteiger partial charge in [0.2, 0.25) is 0 Å². The summed E-state index contributed by atoms with van der Waals surface area (Å²) in [6.07, 6.45) is 3.21. The number of para-hydroxylation sites is 1. The fourth-order valence-corrected chi connectivity index (χ4v) is 2.59.